The van der Waals surface area contributed by atoms with Crippen molar-refractivity contribution in [2.45, 2.75) is 13.3 Å². The number of hydrogen-bond donors (Lipinski definition) is 1. The predicted octanol–water partition coefficient (Wildman–Crippen LogP) is 1.54. The van der Waals surface area contributed by atoms with E-state index in [1.54, 1.807) is 6.92 Å². The molecule has 1 heterocycles. The fraction of sp³-hybridized carbons (Fsp3) is 0.500. The van der Waals surface area contributed by atoms with Crippen LogP contribution in [-0.2, 0) is 9.53 Å². The van der Waals surface area contributed by atoms with Crippen molar-refractivity contribution in [2.24, 2.45) is 0 Å². The highest BCUT2D eigenvalue weighted by atomic mass is 35.5. The van der Waals surface area contributed by atoms with Gasteiger partial charge in [0.25, 0.3) is 0 Å². The van der Waals surface area contributed by atoms with E-state index in [9.17, 15) is 4.79 Å². The molecule has 0 saturated carbocycles. The smallest absolute Gasteiger partial charge is 0.307 e. The number of carbonyl (C=O) groups is 1. The van der Waals surface area contributed by atoms with Crippen LogP contribution in [0.3, 0.4) is 0 Å². The third-order valence-electron chi connectivity index (χ3n) is 1.50. The molecule has 1 aromatic rings. The van der Waals surface area contributed by atoms with Gasteiger partial charge in [-0.05, 0) is 30.1 Å². The van der Waals surface area contributed by atoms with E-state index in [-0.39, 0.29) is 28.9 Å². The van der Waals surface area contributed by atoms with Crippen molar-refractivity contribution in [3.05, 3.63) is 10.6 Å². The Hall–Kier alpha value is -1.14. The topological polar surface area (TPSA) is 77.0 Å². The minimum Gasteiger partial charge on any atom is -0.466 e. The number of aromatic nitrogens is 3. The van der Waals surface area contributed by atoms with Crippen molar-refractivity contribution in [2.75, 3.05) is 18.5 Å². The number of carbonyl (C=O) groups excluding carboxylic acids is 1. The van der Waals surface area contributed by atoms with E-state index in [1.165, 1.54) is 0 Å². The number of halogens is 2. The highest BCUT2D eigenvalue weighted by molar-refractivity contribution is 6.31. The summed E-state index contributed by atoms with van der Waals surface area (Å²) in [6.07, 6.45) is 0.217. The third-order valence-corrected chi connectivity index (χ3v) is 1.84. The number of nitrogens with one attached hydrogen (secondary N) is 1. The highest BCUT2D eigenvalue weighted by Gasteiger charge is 2.04. The molecule has 0 amide bonds. The molecule has 0 aromatic carbocycles. The molecule has 0 fully saturated rings. The molecule has 0 radical (unpaired) electrons. The molecule has 6 nitrogen and oxygen atoms in total. The standard InChI is InChI=1S/C8H10Cl2N4O2/c1-2-16-5(15)3-4-11-8-13-6(9)12-7(10)14-8/h2-4H2,1H3,(H,11,12,13,14). The van der Waals surface area contributed by atoms with Gasteiger partial charge < -0.3 is 10.1 Å². The highest BCUT2D eigenvalue weighted by Crippen LogP contribution is 2.09. The van der Waals surface area contributed by atoms with Gasteiger partial charge in [-0.25, -0.2) is 0 Å². The maximum absolute atomic E-state index is 11.0. The Kier molecular flexibility index (Phi) is 5.21. The van der Waals surface area contributed by atoms with Gasteiger partial charge in [-0.3, -0.25) is 4.79 Å². The molecule has 0 unspecified atom stereocenters. The Labute approximate surface area is 102 Å². The molecule has 8 heteroatoms. The summed E-state index contributed by atoms with van der Waals surface area (Å²) < 4.78 is 4.74. The third kappa shape index (κ3) is 4.59. The largest absolute Gasteiger partial charge is 0.466 e. The summed E-state index contributed by atoms with van der Waals surface area (Å²) in [7, 11) is 0. The van der Waals surface area contributed by atoms with Crippen LogP contribution in [0.15, 0.2) is 0 Å². The first-order chi connectivity index (χ1) is 7.61. The van der Waals surface area contributed by atoms with E-state index < -0.39 is 0 Å². The van der Waals surface area contributed by atoms with E-state index in [4.69, 9.17) is 27.9 Å². The number of anilines is 1. The summed E-state index contributed by atoms with van der Waals surface area (Å²) in [5.74, 6) is -0.0597. The number of ether oxygens (including phenoxy) is 1. The summed E-state index contributed by atoms with van der Waals surface area (Å²) in [5, 5.41) is 2.78. The van der Waals surface area contributed by atoms with E-state index in [1.807, 2.05) is 0 Å². The summed E-state index contributed by atoms with van der Waals surface area (Å²) in [4.78, 5) is 22.1. The molecule has 1 aromatic heterocycles. The second-order valence-corrected chi connectivity index (χ2v) is 3.35. The molecule has 1 N–H and O–H groups in total. The zero-order valence-electron chi connectivity index (χ0n) is 8.54. The zero-order valence-corrected chi connectivity index (χ0v) is 10.0. The first kappa shape index (κ1) is 12.9. The fourth-order valence-electron chi connectivity index (χ4n) is 0.914. The molecule has 0 bridgehead atoms. The summed E-state index contributed by atoms with van der Waals surface area (Å²) in [6, 6.07) is 0. The minimum atomic E-state index is -0.291. The Morgan fingerprint density at radius 1 is 1.31 bits per heavy atom. The Morgan fingerprint density at radius 3 is 2.50 bits per heavy atom. The quantitative estimate of drug-likeness (QED) is 0.814. The Morgan fingerprint density at radius 2 is 1.94 bits per heavy atom. The molecule has 0 atom stereocenters. The van der Waals surface area contributed by atoms with E-state index >= 15 is 0 Å². The number of rotatable bonds is 5. The van der Waals surface area contributed by atoms with Gasteiger partial charge in [-0.1, -0.05) is 0 Å². The predicted molar refractivity (Wildman–Crippen MR) is 59.6 cm³/mol. The van der Waals surface area contributed by atoms with E-state index in [2.05, 4.69) is 20.3 Å². The molecule has 0 aliphatic rings. The van der Waals surface area contributed by atoms with Gasteiger partial charge in [0.05, 0.1) is 13.0 Å². The van der Waals surface area contributed by atoms with Crippen LogP contribution in [0.1, 0.15) is 13.3 Å². The average Bonchev–Trinajstić information content (AvgIpc) is 2.16. The Balaban J connectivity index is 2.40. The van der Waals surface area contributed by atoms with Crippen molar-refractivity contribution in [3.8, 4) is 0 Å². The average molecular weight is 265 g/mol. The number of nitrogens with zero attached hydrogens (tertiary/aromatic N) is 3. The first-order valence-corrected chi connectivity index (χ1v) is 5.34. The Bertz CT molecular complexity index is 355. The van der Waals surface area contributed by atoms with E-state index in [0.717, 1.165) is 0 Å². The molecule has 1 rings (SSSR count). The van der Waals surface area contributed by atoms with Gasteiger partial charge in [-0.15, -0.1) is 0 Å². The van der Waals surface area contributed by atoms with Crippen molar-refractivity contribution in [1.82, 2.24) is 15.0 Å². The van der Waals surface area contributed by atoms with Crippen LogP contribution in [-0.4, -0.2) is 34.1 Å². The molecule has 0 aliphatic carbocycles. The zero-order chi connectivity index (χ0) is 12.0. The van der Waals surface area contributed by atoms with Crippen LogP contribution in [0.5, 0.6) is 0 Å². The molecular formula is C8H10Cl2N4O2. The molecular weight excluding hydrogens is 255 g/mol. The van der Waals surface area contributed by atoms with Gasteiger partial charge in [0.15, 0.2) is 0 Å². The summed E-state index contributed by atoms with van der Waals surface area (Å²) in [5.41, 5.74) is 0. The van der Waals surface area contributed by atoms with Crippen LogP contribution in [0.2, 0.25) is 10.6 Å². The summed E-state index contributed by atoms with van der Waals surface area (Å²) >= 11 is 11.1. The van der Waals surface area contributed by atoms with E-state index in [0.29, 0.717) is 13.2 Å². The van der Waals surface area contributed by atoms with Gasteiger partial charge in [0.1, 0.15) is 0 Å². The van der Waals surface area contributed by atoms with Gasteiger partial charge >= 0.3 is 5.97 Å². The van der Waals surface area contributed by atoms with Crippen molar-refractivity contribution >= 4 is 35.1 Å². The summed E-state index contributed by atoms with van der Waals surface area (Å²) in [6.45, 7) is 2.45. The fourth-order valence-corrected chi connectivity index (χ4v) is 1.28. The lowest BCUT2D eigenvalue weighted by Gasteiger charge is -2.04. The van der Waals surface area contributed by atoms with Crippen LogP contribution in [0, 0.1) is 0 Å². The van der Waals surface area contributed by atoms with Crippen molar-refractivity contribution < 1.29 is 9.53 Å². The van der Waals surface area contributed by atoms with Crippen LogP contribution >= 0.6 is 23.2 Å². The number of esters is 1. The SMILES string of the molecule is CCOC(=O)CCNc1nc(Cl)nc(Cl)n1. The molecule has 16 heavy (non-hydrogen) atoms. The second kappa shape index (κ2) is 6.44. The van der Waals surface area contributed by atoms with Gasteiger partial charge in [0.2, 0.25) is 16.5 Å². The van der Waals surface area contributed by atoms with Gasteiger partial charge in [0, 0.05) is 6.54 Å². The van der Waals surface area contributed by atoms with Crippen LogP contribution in [0.4, 0.5) is 5.95 Å². The molecule has 0 saturated heterocycles. The van der Waals surface area contributed by atoms with Crippen LogP contribution in [0.25, 0.3) is 0 Å². The molecule has 88 valence electrons. The normalized spacial score (nSPS) is 9.94. The molecule has 0 aliphatic heterocycles. The monoisotopic (exact) mass is 264 g/mol. The maximum Gasteiger partial charge on any atom is 0.307 e. The first-order valence-electron chi connectivity index (χ1n) is 4.58. The van der Waals surface area contributed by atoms with Crippen molar-refractivity contribution in [1.29, 1.82) is 0 Å². The minimum absolute atomic E-state index is 0.00126. The lowest BCUT2D eigenvalue weighted by Crippen LogP contribution is -2.13. The molecule has 0 spiro atoms. The lowest BCUT2D eigenvalue weighted by molar-refractivity contribution is -0.142. The maximum atomic E-state index is 11.0. The second-order valence-electron chi connectivity index (χ2n) is 2.68. The van der Waals surface area contributed by atoms with Gasteiger partial charge in [-0.2, -0.15) is 15.0 Å². The van der Waals surface area contributed by atoms with Crippen molar-refractivity contribution in [3.63, 3.8) is 0 Å². The van der Waals surface area contributed by atoms with Crippen LogP contribution < -0.4 is 5.32 Å². The lowest BCUT2D eigenvalue weighted by atomic mass is 10.4. The number of hydrogen-bond acceptors (Lipinski definition) is 6.